The first kappa shape index (κ1) is 7.42. The normalized spacial score (nSPS) is 36.7. The quantitative estimate of drug-likeness (QED) is 0.605. The third kappa shape index (κ3) is 2.18. The van der Waals surface area contributed by atoms with Crippen molar-refractivity contribution in [3.63, 3.8) is 0 Å². The third-order valence-corrected chi connectivity index (χ3v) is 3.16. The zero-order valence-electron chi connectivity index (χ0n) is 5.97. The van der Waals surface area contributed by atoms with Gasteiger partial charge in [0.05, 0.1) is 0 Å². The van der Waals surface area contributed by atoms with Crippen LogP contribution in [0.3, 0.4) is 0 Å². The van der Waals surface area contributed by atoms with Gasteiger partial charge < -0.3 is 5.73 Å². The Balaban J connectivity index is 2.23. The molecule has 1 rings (SSSR count). The fourth-order valence-corrected chi connectivity index (χ4v) is 2.59. The van der Waals surface area contributed by atoms with E-state index in [1.807, 2.05) is 0 Å². The minimum absolute atomic E-state index is 0.821. The summed E-state index contributed by atoms with van der Waals surface area (Å²) in [5.41, 5.74) is 5.56. The highest BCUT2D eigenvalue weighted by molar-refractivity contribution is 7.99. The van der Waals surface area contributed by atoms with E-state index in [0.717, 1.165) is 17.7 Å². The maximum Gasteiger partial charge on any atom is 0.00218 e. The van der Waals surface area contributed by atoms with Gasteiger partial charge in [-0.3, -0.25) is 0 Å². The van der Waals surface area contributed by atoms with Crippen LogP contribution in [0.15, 0.2) is 0 Å². The van der Waals surface area contributed by atoms with Gasteiger partial charge in [0.2, 0.25) is 0 Å². The van der Waals surface area contributed by atoms with Crippen molar-refractivity contribution in [2.45, 2.75) is 25.0 Å². The van der Waals surface area contributed by atoms with Gasteiger partial charge in [0, 0.05) is 5.25 Å². The first-order chi connectivity index (χ1) is 4.33. The van der Waals surface area contributed by atoms with Gasteiger partial charge in [-0.05, 0) is 31.1 Å². The molecule has 0 aromatic heterocycles. The van der Waals surface area contributed by atoms with Crippen molar-refractivity contribution in [1.29, 1.82) is 0 Å². The van der Waals surface area contributed by atoms with Crippen LogP contribution in [0.2, 0.25) is 0 Å². The van der Waals surface area contributed by atoms with Gasteiger partial charge in [-0.1, -0.05) is 6.92 Å². The first-order valence-electron chi connectivity index (χ1n) is 3.64. The number of nitrogens with two attached hydrogens (primary N) is 1. The van der Waals surface area contributed by atoms with Crippen LogP contribution < -0.4 is 5.73 Å². The van der Waals surface area contributed by atoms with Crippen LogP contribution in [0, 0.1) is 5.92 Å². The number of hydrogen-bond donors (Lipinski definition) is 1. The second kappa shape index (κ2) is 3.47. The van der Waals surface area contributed by atoms with Crippen LogP contribution in [0.5, 0.6) is 0 Å². The Hall–Kier alpha value is 0.310. The molecule has 1 nitrogen and oxygen atoms in total. The number of rotatable bonds is 1. The van der Waals surface area contributed by atoms with Crippen LogP contribution in [0.4, 0.5) is 0 Å². The molecular formula is C7H15NS. The fraction of sp³-hybridized carbons (Fsp3) is 1.00. The van der Waals surface area contributed by atoms with Gasteiger partial charge in [-0.2, -0.15) is 11.8 Å². The molecule has 0 bridgehead atoms. The van der Waals surface area contributed by atoms with Crippen molar-refractivity contribution in [2.75, 3.05) is 12.3 Å². The lowest BCUT2D eigenvalue weighted by molar-refractivity contribution is 0.471. The molecule has 2 heteroatoms. The Morgan fingerprint density at radius 3 is 2.89 bits per heavy atom. The van der Waals surface area contributed by atoms with E-state index < -0.39 is 0 Å². The molecule has 1 aliphatic rings. The molecule has 1 heterocycles. The maximum absolute atomic E-state index is 5.56. The Morgan fingerprint density at radius 1 is 1.67 bits per heavy atom. The number of thioether (sulfide) groups is 1. The van der Waals surface area contributed by atoms with Gasteiger partial charge in [0.15, 0.2) is 0 Å². The third-order valence-electron chi connectivity index (χ3n) is 1.93. The summed E-state index contributed by atoms with van der Waals surface area (Å²) in [5, 5.41) is 0.854. The molecule has 1 saturated heterocycles. The smallest absolute Gasteiger partial charge is 0.00218 e. The first-order valence-corrected chi connectivity index (χ1v) is 4.69. The van der Waals surface area contributed by atoms with Gasteiger partial charge in [-0.15, -0.1) is 0 Å². The van der Waals surface area contributed by atoms with Crippen LogP contribution in [-0.4, -0.2) is 17.5 Å². The Labute approximate surface area is 61.4 Å². The lowest BCUT2D eigenvalue weighted by Gasteiger charge is -2.24. The molecule has 0 amide bonds. The Morgan fingerprint density at radius 2 is 2.44 bits per heavy atom. The second-order valence-corrected chi connectivity index (χ2v) is 4.35. The molecule has 9 heavy (non-hydrogen) atoms. The van der Waals surface area contributed by atoms with Crippen molar-refractivity contribution >= 4 is 11.8 Å². The summed E-state index contributed by atoms with van der Waals surface area (Å²) >= 11 is 2.08. The fourth-order valence-electron chi connectivity index (χ4n) is 1.31. The molecule has 1 fully saturated rings. The molecule has 0 radical (unpaired) electrons. The summed E-state index contributed by atoms with van der Waals surface area (Å²) in [5.74, 6) is 2.14. The molecule has 0 saturated carbocycles. The standard InChI is InChI=1S/C7H15NS/c1-6-4-7(5-8)2-3-9-6/h6-7H,2-5,8H2,1H3/t6-,7+/m1/s1. The summed E-state index contributed by atoms with van der Waals surface area (Å²) in [6.45, 7) is 3.19. The summed E-state index contributed by atoms with van der Waals surface area (Å²) in [6.07, 6.45) is 2.67. The van der Waals surface area contributed by atoms with Crippen molar-refractivity contribution in [1.82, 2.24) is 0 Å². The molecule has 0 aromatic carbocycles. The van der Waals surface area contributed by atoms with Crippen molar-refractivity contribution in [3.8, 4) is 0 Å². The second-order valence-electron chi connectivity index (χ2n) is 2.81. The Bertz CT molecular complexity index is 85.0. The van der Waals surface area contributed by atoms with Gasteiger partial charge in [0.25, 0.3) is 0 Å². The van der Waals surface area contributed by atoms with Gasteiger partial charge >= 0.3 is 0 Å². The van der Waals surface area contributed by atoms with E-state index in [0.29, 0.717) is 0 Å². The van der Waals surface area contributed by atoms with E-state index in [4.69, 9.17) is 5.73 Å². The molecule has 54 valence electrons. The molecule has 0 spiro atoms. The molecule has 1 aliphatic heterocycles. The van der Waals surface area contributed by atoms with Crippen molar-refractivity contribution < 1.29 is 0 Å². The minimum atomic E-state index is 0.821. The monoisotopic (exact) mass is 145 g/mol. The zero-order chi connectivity index (χ0) is 6.69. The SMILES string of the molecule is C[C@@H]1C[C@@H](CN)CCS1. The molecule has 2 atom stereocenters. The van der Waals surface area contributed by atoms with E-state index >= 15 is 0 Å². The van der Waals surface area contributed by atoms with E-state index in [1.165, 1.54) is 18.6 Å². The van der Waals surface area contributed by atoms with Gasteiger partial charge in [-0.25, -0.2) is 0 Å². The topological polar surface area (TPSA) is 26.0 Å². The lowest BCUT2D eigenvalue weighted by atomic mass is 10.0. The average molecular weight is 145 g/mol. The van der Waals surface area contributed by atoms with Crippen molar-refractivity contribution in [2.24, 2.45) is 11.7 Å². The van der Waals surface area contributed by atoms with E-state index in [2.05, 4.69) is 18.7 Å². The minimum Gasteiger partial charge on any atom is -0.330 e. The van der Waals surface area contributed by atoms with Crippen LogP contribution in [-0.2, 0) is 0 Å². The molecule has 2 N–H and O–H groups in total. The predicted octanol–water partition coefficient (Wildman–Crippen LogP) is 1.48. The van der Waals surface area contributed by atoms with Gasteiger partial charge in [0.1, 0.15) is 0 Å². The molecule has 0 unspecified atom stereocenters. The van der Waals surface area contributed by atoms with Crippen LogP contribution in [0.1, 0.15) is 19.8 Å². The summed E-state index contributed by atoms with van der Waals surface area (Å²) < 4.78 is 0. The summed E-state index contributed by atoms with van der Waals surface area (Å²) in [7, 11) is 0. The largest absolute Gasteiger partial charge is 0.330 e. The number of hydrogen-bond acceptors (Lipinski definition) is 2. The summed E-state index contributed by atoms with van der Waals surface area (Å²) in [6, 6.07) is 0. The summed E-state index contributed by atoms with van der Waals surface area (Å²) in [4.78, 5) is 0. The van der Waals surface area contributed by atoms with Crippen molar-refractivity contribution in [3.05, 3.63) is 0 Å². The highest BCUT2D eigenvalue weighted by Gasteiger charge is 2.16. The maximum atomic E-state index is 5.56. The van der Waals surface area contributed by atoms with Crippen LogP contribution in [0.25, 0.3) is 0 Å². The molecule has 0 aliphatic carbocycles. The highest BCUT2D eigenvalue weighted by atomic mass is 32.2. The van der Waals surface area contributed by atoms with Crippen LogP contribution >= 0.6 is 11.8 Å². The Kier molecular flexibility index (Phi) is 2.86. The average Bonchev–Trinajstić information content (AvgIpc) is 1.88. The predicted molar refractivity (Wildman–Crippen MR) is 43.7 cm³/mol. The van der Waals surface area contributed by atoms with E-state index in [-0.39, 0.29) is 0 Å². The molecular weight excluding hydrogens is 130 g/mol. The van der Waals surface area contributed by atoms with E-state index in [9.17, 15) is 0 Å². The highest BCUT2D eigenvalue weighted by Crippen LogP contribution is 2.28. The lowest BCUT2D eigenvalue weighted by Crippen LogP contribution is -2.22. The molecule has 0 aromatic rings. The van der Waals surface area contributed by atoms with E-state index in [1.54, 1.807) is 0 Å². The zero-order valence-corrected chi connectivity index (χ0v) is 6.79.